The number of nitrogens with two attached hydrogens (primary N) is 1. The zero-order valence-corrected chi connectivity index (χ0v) is 9.56. The summed E-state index contributed by atoms with van der Waals surface area (Å²) in [5.41, 5.74) is 7.01. The summed E-state index contributed by atoms with van der Waals surface area (Å²) in [6.45, 7) is 0. The van der Waals surface area contributed by atoms with Crippen LogP contribution in [0, 0.1) is 5.92 Å². The number of aromatic hydroxyl groups is 1. The predicted octanol–water partition coefficient (Wildman–Crippen LogP) is 1.82. The summed E-state index contributed by atoms with van der Waals surface area (Å²) < 4.78 is 10.5. The number of phenolic OH excluding ortho intramolecular Hbond substituents is 1. The number of rotatable bonds is 4. The molecule has 3 N–H and O–H groups in total. The molecule has 1 aliphatic carbocycles. The Balaban J connectivity index is 2.45. The molecule has 0 heterocycles. The minimum atomic E-state index is -0.0782. The van der Waals surface area contributed by atoms with E-state index in [-0.39, 0.29) is 11.8 Å². The Labute approximate surface area is 95.0 Å². The van der Waals surface area contributed by atoms with E-state index < -0.39 is 0 Å². The molecule has 1 saturated carbocycles. The molecule has 0 bridgehead atoms. The lowest BCUT2D eigenvalue weighted by atomic mass is 10.0. The summed E-state index contributed by atoms with van der Waals surface area (Å²) >= 11 is 0. The molecule has 0 amide bonds. The maximum Gasteiger partial charge on any atom is 0.131 e. The average molecular weight is 223 g/mol. The number of benzene rings is 1. The van der Waals surface area contributed by atoms with Crippen molar-refractivity contribution in [3.05, 3.63) is 17.7 Å². The first-order chi connectivity index (χ1) is 7.67. The Morgan fingerprint density at radius 3 is 2.12 bits per heavy atom. The summed E-state index contributed by atoms with van der Waals surface area (Å²) in [5, 5.41) is 9.52. The summed E-state index contributed by atoms with van der Waals surface area (Å²) in [4.78, 5) is 0. The van der Waals surface area contributed by atoms with Crippen LogP contribution in [0.3, 0.4) is 0 Å². The Morgan fingerprint density at radius 2 is 1.75 bits per heavy atom. The highest BCUT2D eigenvalue weighted by Crippen LogP contribution is 2.46. The van der Waals surface area contributed by atoms with Crippen molar-refractivity contribution in [2.45, 2.75) is 18.9 Å². The van der Waals surface area contributed by atoms with Crippen molar-refractivity contribution in [3.8, 4) is 17.2 Å². The van der Waals surface area contributed by atoms with Crippen LogP contribution in [0.1, 0.15) is 24.4 Å². The summed E-state index contributed by atoms with van der Waals surface area (Å²) in [6, 6.07) is 3.06. The molecular formula is C12H17NO3. The molecule has 0 aliphatic heterocycles. The van der Waals surface area contributed by atoms with Gasteiger partial charge in [-0.1, -0.05) is 0 Å². The number of hydrogen-bond acceptors (Lipinski definition) is 4. The molecule has 88 valence electrons. The molecule has 2 rings (SSSR count). The largest absolute Gasteiger partial charge is 0.508 e. The molecule has 1 atom stereocenters. The molecule has 0 aromatic heterocycles. The SMILES string of the molecule is COc1cc(O)cc(OC)c1[C@@H](N)C1CC1. The smallest absolute Gasteiger partial charge is 0.131 e. The quantitative estimate of drug-likeness (QED) is 0.817. The van der Waals surface area contributed by atoms with Crippen LogP contribution in [-0.2, 0) is 0 Å². The standard InChI is InChI=1S/C12H17NO3/c1-15-9-5-8(14)6-10(16-2)11(9)12(13)7-3-4-7/h5-7,12,14H,3-4,13H2,1-2H3/t12-/m0/s1. The van der Waals surface area contributed by atoms with Crippen LogP contribution >= 0.6 is 0 Å². The van der Waals surface area contributed by atoms with Gasteiger partial charge < -0.3 is 20.3 Å². The zero-order chi connectivity index (χ0) is 11.7. The first-order valence-electron chi connectivity index (χ1n) is 5.37. The fourth-order valence-corrected chi connectivity index (χ4v) is 1.94. The van der Waals surface area contributed by atoms with Crippen LogP contribution < -0.4 is 15.2 Å². The van der Waals surface area contributed by atoms with E-state index in [1.807, 2.05) is 0 Å². The fraction of sp³-hybridized carbons (Fsp3) is 0.500. The maximum absolute atomic E-state index is 9.52. The van der Waals surface area contributed by atoms with E-state index in [1.165, 1.54) is 0 Å². The lowest BCUT2D eigenvalue weighted by Crippen LogP contribution is -2.14. The fourth-order valence-electron chi connectivity index (χ4n) is 1.94. The lowest BCUT2D eigenvalue weighted by Gasteiger charge is -2.18. The molecule has 16 heavy (non-hydrogen) atoms. The first-order valence-corrected chi connectivity index (χ1v) is 5.37. The molecular weight excluding hydrogens is 206 g/mol. The monoisotopic (exact) mass is 223 g/mol. The van der Waals surface area contributed by atoms with Crippen molar-refractivity contribution in [1.29, 1.82) is 0 Å². The minimum absolute atomic E-state index is 0.0782. The second-order valence-corrected chi connectivity index (χ2v) is 4.13. The van der Waals surface area contributed by atoms with Crippen molar-refractivity contribution >= 4 is 0 Å². The van der Waals surface area contributed by atoms with E-state index in [0.717, 1.165) is 18.4 Å². The molecule has 1 aliphatic rings. The Kier molecular flexibility index (Phi) is 2.92. The van der Waals surface area contributed by atoms with Gasteiger partial charge in [-0.05, 0) is 18.8 Å². The highest BCUT2D eigenvalue weighted by molar-refractivity contribution is 5.52. The molecule has 0 saturated heterocycles. The second kappa shape index (κ2) is 4.22. The van der Waals surface area contributed by atoms with Crippen LogP contribution in [0.25, 0.3) is 0 Å². The van der Waals surface area contributed by atoms with Crippen molar-refractivity contribution in [1.82, 2.24) is 0 Å². The van der Waals surface area contributed by atoms with Gasteiger partial charge in [0.15, 0.2) is 0 Å². The Morgan fingerprint density at radius 1 is 1.25 bits per heavy atom. The molecule has 1 aromatic carbocycles. The predicted molar refractivity (Wildman–Crippen MR) is 60.9 cm³/mol. The normalized spacial score (nSPS) is 16.9. The molecule has 0 spiro atoms. The molecule has 0 unspecified atom stereocenters. The summed E-state index contributed by atoms with van der Waals surface area (Å²) in [5.74, 6) is 1.82. The third-order valence-electron chi connectivity index (χ3n) is 2.99. The molecule has 4 nitrogen and oxygen atoms in total. The minimum Gasteiger partial charge on any atom is -0.508 e. The highest BCUT2D eigenvalue weighted by atomic mass is 16.5. The van der Waals surface area contributed by atoms with Gasteiger partial charge in [-0.25, -0.2) is 0 Å². The first kappa shape index (κ1) is 11.1. The van der Waals surface area contributed by atoms with E-state index in [2.05, 4.69) is 0 Å². The van der Waals surface area contributed by atoms with Crippen LogP contribution in [-0.4, -0.2) is 19.3 Å². The average Bonchev–Trinajstić information content (AvgIpc) is 3.10. The van der Waals surface area contributed by atoms with Crippen LogP contribution in [0.4, 0.5) is 0 Å². The molecule has 4 heteroatoms. The third-order valence-corrected chi connectivity index (χ3v) is 2.99. The van der Waals surface area contributed by atoms with Gasteiger partial charge in [0.2, 0.25) is 0 Å². The summed E-state index contributed by atoms with van der Waals surface area (Å²) in [6.07, 6.45) is 2.29. The lowest BCUT2D eigenvalue weighted by molar-refractivity contribution is 0.367. The molecule has 1 fully saturated rings. The topological polar surface area (TPSA) is 64.7 Å². The van der Waals surface area contributed by atoms with Gasteiger partial charge in [-0.15, -0.1) is 0 Å². The Hall–Kier alpha value is -1.42. The van der Waals surface area contributed by atoms with Crippen LogP contribution in [0.15, 0.2) is 12.1 Å². The Bertz CT molecular complexity index is 363. The van der Waals surface area contributed by atoms with Crippen LogP contribution in [0.2, 0.25) is 0 Å². The number of methoxy groups -OCH3 is 2. The van der Waals surface area contributed by atoms with Crippen LogP contribution in [0.5, 0.6) is 17.2 Å². The van der Waals surface area contributed by atoms with E-state index in [4.69, 9.17) is 15.2 Å². The van der Waals surface area contributed by atoms with Gasteiger partial charge in [0, 0.05) is 18.2 Å². The van der Waals surface area contributed by atoms with Gasteiger partial charge in [-0.3, -0.25) is 0 Å². The van der Waals surface area contributed by atoms with Gasteiger partial charge in [0.1, 0.15) is 17.2 Å². The van der Waals surface area contributed by atoms with Gasteiger partial charge in [0.25, 0.3) is 0 Å². The van der Waals surface area contributed by atoms with Gasteiger partial charge >= 0.3 is 0 Å². The highest BCUT2D eigenvalue weighted by Gasteiger charge is 2.33. The van der Waals surface area contributed by atoms with Gasteiger partial charge in [0.05, 0.1) is 19.8 Å². The van der Waals surface area contributed by atoms with E-state index in [9.17, 15) is 5.11 Å². The summed E-state index contributed by atoms with van der Waals surface area (Å²) in [7, 11) is 3.13. The third kappa shape index (κ3) is 1.93. The van der Waals surface area contributed by atoms with E-state index >= 15 is 0 Å². The molecule has 1 aromatic rings. The van der Waals surface area contributed by atoms with Crippen molar-refractivity contribution in [2.24, 2.45) is 11.7 Å². The van der Waals surface area contributed by atoms with Gasteiger partial charge in [-0.2, -0.15) is 0 Å². The second-order valence-electron chi connectivity index (χ2n) is 4.13. The van der Waals surface area contributed by atoms with E-state index in [0.29, 0.717) is 17.4 Å². The number of ether oxygens (including phenoxy) is 2. The number of hydrogen-bond donors (Lipinski definition) is 2. The molecule has 0 radical (unpaired) electrons. The van der Waals surface area contributed by atoms with Crippen molar-refractivity contribution in [3.63, 3.8) is 0 Å². The zero-order valence-electron chi connectivity index (χ0n) is 9.56. The maximum atomic E-state index is 9.52. The van der Waals surface area contributed by atoms with Crippen molar-refractivity contribution in [2.75, 3.05) is 14.2 Å². The van der Waals surface area contributed by atoms with Crippen molar-refractivity contribution < 1.29 is 14.6 Å². The van der Waals surface area contributed by atoms with E-state index in [1.54, 1.807) is 26.4 Å². The number of phenols is 1.